The minimum Gasteiger partial charge on any atom is -0.330 e. The van der Waals surface area contributed by atoms with Gasteiger partial charge < -0.3 is 10.3 Å². The second-order valence-corrected chi connectivity index (χ2v) is 3.76. The summed E-state index contributed by atoms with van der Waals surface area (Å²) in [7, 11) is 0. The van der Waals surface area contributed by atoms with Crippen molar-refractivity contribution in [3.8, 4) is 0 Å². The molecule has 0 aromatic carbocycles. The Hall–Kier alpha value is -0.900. The smallest absolute Gasteiger partial charge is 0.119 e. The zero-order chi connectivity index (χ0) is 9.10. The average molecular weight is 180 g/mol. The highest BCUT2D eigenvalue weighted by Gasteiger charge is 2.24. The van der Waals surface area contributed by atoms with Crippen LogP contribution >= 0.6 is 0 Å². The third-order valence-electron chi connectivity index (χ3n) is 2.99. The Morgan fingerprint density at radius 1 is 1.23 bits per heavy atom. The van der Waals surface area contributed by atoms with Gasteiger partial charge in [-0.15, -0.1) is 10.2 Å². The van der Waals surface area contributed by atoms with Gasteiger partial charge in [0, 0.05) is 6.04 Å². The molecule has 0 spiro atoms. The maximum absolute atomic E-state index is 5.75. The molecule has 0 aliphatic heterocycles. The molecule has 1 aromatic heterocycles. The van der Waals surface area contributed by atoms with E-state index in [0.29, 0.717) is 12.0 Å². The molecule has 2 unspecified atom stereocenters. The topological polar surface area (TPSA) is 56.7 Å². The van der Waals surface area contributed by atoms with Gasteiger partial charge in [0.05, 0.1) is 0 Å². The van der Waals surface area contributed by atoms with E-state index >= 15 is 0 Å². The lowest BCUT2D eigenvalue weighted by atomic mass is 9.84. The first-order valence-corrected chi connectivity index (χ1v) is 4.96. The molecular weight excluding hydrogens is 164 g/mol. The average Bonchev–Trinajstić information content (AvgIpc) is 2.70. The molecular formula is C9H16N4. The number of hydrogen-bond donors (Lipinski definition) is 1. The van der Waals surface area contributed by atoms with Crippen molar-refractivity contribution in [3.05, 3.63) is 12.7 Å². The molecule has 1 heterocycles. The third-order valence-corrected chi connectivity index (χ3v) is 2.99. The molecule has 0 amide bonds. The van der Waals surface area contributed by atoms with E-state index < -0.39 is 0 Å². The predicted molar refractivity (Wildman–Crippen MR) is 50.1 cm³/mol. The monoisotopic (exact) mass is 180 g/mol. The fraction of sp³-hybridized carbons (Fsp3) is 0.778. The Labute approximate surface area is 78.1 Å². The van der Waals surface area contributed by atoms with Gasteiger partial charge in [-0.3, -0.25) is 0 Å². The van der Waals surface area contributed by atoms with Gasteiger partial charge in [0.25, 0.3) is 0 Å². The molecule has 1 aromatic rings. The summed E-state index contributed by atoms with van der Waals surface area (Å²) in [6.07, 6.45) is 8.70. The van der Waals surface area contributed by atoms with E-state index in [9.17, 15) is 0 Å². The zero-order valence-electron chi connectivity index (χ0n) is 7.76. The second-order valence-electron chi connectivity index (χ2n) is 3.76. The van der Waals surface area contributed by atoms with E-state index in [1.165, 1.54) is 25.7 Å². The van der Waals surface area contributed by atoms with Crippen molar-refractivity contribution >= 4 is 0 Å². The minimum absolute atomic E-state index is 0.536. The van der Waals surface area contributed by atoms with Crippen LogP contribution in [0.1, 0.15) is 31.7 Å². The molecule has 2 rings (SSSR count). The summed E-state index contributed by atoms with van der Waals surface area (Å²) in [6.45, 7) is 0.781. The van der Waals surface area contributed by atoms with E-state index in [4.69, 9.17) is 5.73 Å². The lowest BCUT2D eigenvalue weighted by Crippen LogP contribution is -2.28. The second kappa shape index (κ2) is 3.87. The maximum atomic E-state index is 5.75. The maximum Gasteiger partial charge on any atom is 0.119 e. The molecule has 1 aliphatic carbocycles. The molecule has 13 heavy (non-hydrogen) atoms. The largest absolute Gasteiger partial charge is 0.330 e. The van der Waals surface area contributed by atoms with Crippen LogP contribution in [0.4, 0.5) is 0 Å². The van der Waals surface area contributed by atoms with Crippen LogP contribution in [0.25, 0.3) is 0 Å². The first kappa shape index (κ1) is 8.69. The summed E-state index contributed by atoms with van der Waals surface area (Å²) in [5.74, 6) is 0.616. The van der Waals surface area contributed by atoms with Gasteiger partial charge in [-0.2, -0.15) is 0 Å². The highest BCUT2D eigenvalue weighted by Crippen LogP contribution is 2.32. The summed E-state index contributed by atoms with van der Waals surface area (Å²) < 4.78 is 2.11. The summed E-state index contributed by atoms with van der Waals surface area (Å²) >= 11 is 0. The van der Waals surface area contributed by atoms with Gasteiger partial charge in [-0.25, -0.2) is 0 Å². The number of hydrogen-bond acceptors (Lipinski definition) is 3. The molecule has 0 bridgehead atoms. The van der Waals surface area contributed by atoms with E-state index in [-0.39, 0.29) is 0 Å². The molecule has 4 nitrogen and oxygen atoms in total. The summed E-state index contributed by atoms with van der Waals surface area (Å²) in [5.41, 5.74) is 5.75. The van der Waals surface area contributed by atoms with Crippen molar-refractivity contribution in [1.29, 1.82) is 0 Å². The Morgan fingerprint density at radius 3 is 2.62 bits per heavy atom. The van der Waals surface area contributed by atoms with Gasteiger partial charge in [-0.05, 0) is 25.3 Å². The van der Waals surface area contributed by atoms with Crippen LogP contribution < -0.4 is 5.73 Å². The molecule has 1 saturated carbocycles. The summed E-state index contributed by atoms with van der Waals surface area (Å²) in [6, 6.07) is 0.536. The third kappa shape index (κ3) is 1.72. The van der Waals surface area contributed by atoms with Crippen molar-refractivity contribution in [3.63, 3.8) is 0 Å². The first-order chi connectivity index (χ1) is 6.42. The molecule has 4 heteroatoms. The Balaban J connectivity index is 2.11. The molecule has 1 aliphatic rings. The molecule has 2 atom stereocenters. The van der Waals surface area contributed by atoms with Crippen molar-refractivity contribution < 1.29 is 0 Å². The van der Waals surface area contributed by atoms with Gasteiger partial charge in [0.15, 0.2) is 0 Å². The van der Waals surface area contributed by atoms with E-state index in [1.54, 1.807) is 12.7 Å². The first-order valence-electron chi connectivity index (χ1n) is 4.96. The highest BCUT2D eigenvalue weighted by molar-refractivity contribution is 4.82. The fourth-order valence-corrected chi connectivity index (χ4v) is 2.24. The van der Waals surface area contributed by atoms with Crippen LogP contribution in [-0.2, 0) is 0 Å². The Bertz CT molecular complexity index is 244. The highest BCUT2D eigenvalue weighted by atomic mass is 15.2. The normalized spacial score (nSPS) is 29.0. The number of aromatic nitrogens is 3. The number of nitrogens with zero attached hydrogens (tertiary/aromatic N) is 3. The molecule has 72 valence electrons. The van der Waals surface area contributed by atoms with Gasteiger partial charge in [-0.1, -0.05) is 12.8 Å². The number of nitrogens with two attached hydrogens (primary N) is 1. The SMILES string of the molecule is NCC1CCCCC1n1cnnc1. The standard InChI is InChI=1S/C9H16N4/c10-5-8-3-1-2-4-9(8)13-6-11-12-7-13/h6-9H,1-5,10H2. The lowest BCUT2D eigenvalue weighted by Gasteiger charge is -2.30. The lowest BCUT2D eigenvalue weighted by molar-refractivity contribution is 0.244. The quantitative estimate of drug-likeness (QED) is 0.737. The Morgan fingerprint density at radius 2 is 1.92 bits per heavy atom. The van der Waals surface area contributed by atoms with Crippen molar-refractivity contribution in [2.24, 2.45) is 11.7 Å². The molecule has 1 fully saturated rings. The summed E-state index contributed by atoms with van der Waals surface area (Å²) in [4.78, 5) is 0. The van der Waals surface area contributed by atoms with Crippen LogP contribution in [0.2, 0.25) is 0 Å². The van der Waals surface area contributed by atoms with Crippen molar-refractivity contribution in [2.45, 2.75) is 31.7 Å². The fourth-order valence-electron chi connectivity index (χ4n) is 2.24. The van der Waals surface area contributed by atoms with Crippen LogP contribution in [-0.4, -0.2) is 21.3 Å². The van der Waals surface area contributed by atoms with E-state index in [2.05, 4.69) is 14.8 Å². The zero-order valence-corrected chi connectivity index (χ0v) is 7.76. The Kier molecular flexibility index (Phi) is 2.59. The predicted octanol–water partition coefficient (Wildman–Crippen LogP) is 0.968. The van der Waals surface area contributed by atoms with Crippen LogP contribution in [0.15, 0.2) is 12.7 Å². The van der Waals surface area contributed by atoms with Gasteiger partial charge >= 0.3 is 0 Å². The minimum atomic E-state index is 0.536. The van der Waals surface area contributed by atoms with Crippen molar-refractivity contribution in [2.75, 3.05) is 6.54 Å². The number of rotatable bonds is 2. The molecule has 0 saturated heterocycles. The van der Waals surface area contributed by atoms with E-state index in [1.807, 2.05) is 0 Å². The van der Waals surface area contributed by atoms with Crippen LogP contribution in [0.3, 0.4) is 0 Å². The van der Waals surface area contributed by atoms with Crippen LogP contribution in [0, 0.1) is 5.92 Å². The molecule has 2 N–H and O–H groups in total. The van der Waals surface area contributed by atoms with Gasteiger partial charge in [0.1, 0.15) is 12.7 Å². The van der Waals surface area contributed by atoms with Crippen LogP contribution in [0.5, 0.6) is 0 Å². The van der Waals surface area contributed by atoms with Crippen molar-refractivity contribution in [1.82, 2.24) is 14.8 Å². The molecule has 0 radical (unpaired) electrons. The van der Waals surface area contributed by atoms with Gasteiger partial charge in [0.2, 0.25) is 0 Å². The summed E-state index contributed by atoms with van der Waals surface area (Å²) in [5, 5.41) is 7.68. The van der Waals surface area contributed by atoms with E-state index in [0.717, 1.165) is 6.54 Å².